The van der Waals surface area contributed by atoms with Crippen molar-refractivity contribution in [2.45, 2.75) is 44.6 Å². The van der Waals surface area contributed by atoms with Crippen molar-refractivity contribution in [3.8, 4) is 0 Å². The van der Waals surface area contributed by atoms with Gasteiger partial charge in [0, 0.05) is 12.6 Å². The second-order valence-electron chi connectivity index (χ2n) is 7.00. The summed E-state index contributed by atoms with van der Waals surface area (Å²) in [5.74, 6) is 2.70. The van der Waals surface area contributed by atoms with Gasteiger partial charge in [-0.05, 0) is 62.2 Å². The van der Waals surface area contributed by atoms with E-state index in [2.05, 4.69) is 10.6 Å². The third kappa shape index (κ3) is 3.69. The molecule has 120 valence electrons. The van der Waals surface area contributed by atoms with Gasteiger partial charge in [-0.25, -0.2) is 4.79 Å². The molecule has 2 amide bonds. The molecule has 0 radical (unpaired) electrons. The van der Waals surface area contributed by atoms with Crippen molar-refractivity contribution < 1.29 is 17.8 Å². The maximum absolute atomic E-state index is 11.9. The largest absolute Gasteiger partial charge is 0.338 e. The third-order valence-electron chi connectivity index (χ3n) is 5.39. The summed E-state index contributed by atoms with van der Waals surface area (Å²) in [6.07, 6.45) is 6.62. The van der Waals surface area contributed by atoms with Crippen LogP contribution >= 0.6 is 0 Å². The Balaban J connectivity index is 1.43. The van der Waals surface area contributed by atoms with Crippen LogP contribution in [0.5, 0.6) is 0 Å². The van der Waals surface area contributed by atoms with Crippen LogP contribution < -0.4 is 10.6 Å². The van der Waals surface area contributed by atoms with Gasteiger partial charge in [0.05, 0.1) is 5.75 Å². The molecule has 4 rings (SSSR count). The molecule has 0 heterocycles. The zero-order valence-electron chi connectivity index (χ0n) is 12.1. The fraction of sp³-hybridized carbons (Fsp3) is 0.929. The Bertz CT molecular complexity index is 477. The van der Waals surface area contributed by atoms with Gasteiger partial charge >= 0.3 is 6.03 Å². The van der Waals surface area contributed by atoms with E-state index in [0.29, 0.717) is 17.9 Å². The topological polar surface area (TPSA) is 95.5 Å². The van der Waals surface area contributed by atoms with Gasteiger partial charge in [-0.15, -0.1) is 0 Å². The second-order valence-corrected chi connectivity index (χ2v) is 8.57. The predicted octanol–water partition coefficient (Wildman–Crippen LogP) is 1.39. The first-order valence-corrected chi connectivity index (χ1v) is 9.51. The van der Waals surface area contributed by atoms with E-state index in [0.717, 1.165) is 11.8 Å². The van der Waals surface area contributed by atoms with Crippen LogP contribution in [-0.4, -0.2) is 37.3 Å². The normalized spacial score (nSPS) is 37.5. The summed E-state index contributed by atoms with van der Waals surface area (Å²) in [5, 5.41) is 5.79. The molecule has 21 heavy (non-hydrogen) atoms. The fourth-order valence-corrected chi connectivity index (χ4v) is 5.33. The van der Waals surface area contributed by atoms with Gasteiger partial charge in [0.2, 0.25) is 0 Å². The van der Waals surface area contributed by atoms with Gasteiger partial charge < -0.3 is 10.6 Å². The molecule has 0 unspecified atom stereocenters. The van der Waals surface area contributed by atoms with Crippen LogP contribution in [-0.2, 0) is 10.1 Å². The Morgan fingerprint density at radius 1 is 1.05 bits per heavy atom. The van der Waals surface area contributed by atoms with Crippen molar-refractivity contribution in [1.82, 2.24) is 10.6 Å². The summed E-state index contributed by atoms with van der Waals surface area (Å²) < 4.78 is 29.8. The molecule has 0 aromatic rings. The van der Waals surface area contributed by atoms with Gasteiger partial charge in [0.25, 0.3) is 10.1 Å². The van der Waals surface area contributed by atoms with Gasteiger partial charge in [0.15, 0.2) is 0 Å². The molecule has 6 nitrogen and oxygen atoms in total. The Morgan fingerprint density at radius 3 is 2.14 bits per heavy atom. The lowest BCUT2D eigenvalue weighted by Gasteiger charge is -2.54. The zero-order valence-corrected chi connectivity index (χ0v) is 12.9. The van der Waals surface area contributed by atoms with E-state index in [1.165, 1.54) is 32.1 Å². The molecule has 0 spiro atoms. The minimum absolute atomic E-state index is 0.206. The Labute approximate surface area is 125 Å². The Kier molecular flexibility index (Phi) is 4.14. The summed E-state index contributed by atoms with van der Waals surface area (Å²) in [7, 11) is -3.93. The summed E-state index contributed by atoms with van der Waals surface area (Å²) in [6.45, 7) is 0.263. The number of rotatable bonds is 5. The van der Waals surface area contributed by atoms with E-state index in [4.69, 9.17) is 4.55 Å². The van der Waals surface area contributed by atoms with Crippen LogP contribution in [0.4, 0.5) is 4.79 Å². The van der Waals surface area contributed by atoms with Gasteiger partial charge in [0.1, 0.15) is 0 Å². The SMILES string of the molecule is O=C(NCCCS(=O)(=O)O)NC1C2CC3CC(C2)CC1C3. The highest BCUT2D eigenvalue weighted by Crippen LogP contribution is 2.53. The van der Waals surface area contributed by atoms with E-state index >= 15 is 0 Å². The minimum atomic E-state index is -3.93. The van der Waals surface area contributed by atoms with Crippen molar-refractivity contribution in [3.05, 3.63) is 0 Å². The first-order chi connectivity index (χ1) is 9.90. The number of amides is 2. The summed E-state index contributed by atoms with van der Waals surface area (Å²) in [4.78, 5) is 11.9. The van der Waals surface area contributed by atoms with Crippen LogP contribution in [0.25, 0.3) is 0 Å². The molecule has 0 aromatic heterocycles. The molecular formula is C14H24N2O4S. The van der Waals surface area contributed by atoms with E-state index < -0.39 is 10.1 Å². The second kappa shape index (κ2) is 5.76. The summed E-state index contributed by atoms with van der Waals surface area (Å²) in [5.41, 5.74) is 0. The molecule has 3 N–H and O–H groups in total. The molecule has 4 bridgehead atoms. The number of carbonyl (C=O) groups excluding carboxylic acids is 1. The highest BCUT2D eigenvalue weighted by Gasteiger charge is 2.48. The van der Waals surface area contributed by atoms with Crippen molar-refractivity contribution >= 4 is 16.1 Å². The quantitative estimate of drug-likeness (QED) is 0.527. The van der Waals surface area contributed by atoms with Gasteiger partial charge in [-0.1, -0.05) is 0 Å². The molecule has 0 aromatic carbocycles. The van der Waals surface area contributed by atoms with E-state index in [-0.39, 0.29) is 24.7 Å². The van der Waals surface area contributed by atoms with Crippen LogP contribution in [0.2, 0.25) is 0 Å². The summed E-state index contributed by atoms with van der Waals surface area (Å²) in [6, 6.07) is 0.0854. The highest BCUT2D eigenvalue weighted by atomic mass is 32.2. The van der Waals surface area contributed by atoms with E-state index in [1.807, 2.05) is 0 Å². The maximum atomic E-state index is 11.9. The van der Waals surface area contributed by atoms with Crippen molar-refractivity contribution in [2.24, 2.45) is 23.7 Å². The number of nitrogens with one attached hydrogen (secondary N) is 2. The van der Waals surface area contributed by atoms with Gasteiger partial charge in [-0.3, -0.25) is 4.55 Å². The fourth-order valence-electron chi connectivity index (χ4n) is 4.82. The lowest BCUT2D eigenvalue weighted by Crippen LogP contribution is -2.57. The minimum Gasteiger partial charge on any atom is -0.338 e. The molecule has 0 atom stereocenters. The molecule has 4 fully saturated rings. The average molecular weight is 316 g/mol. The molecule has 4 aliphatic carbocycles. The number of hydrogen-bond acceptors (Lipinski definition) is 3. The van der Waals surface area contributed by atoms with Crippen molar-refractivity contribution in [3.63, 3.8) is 0 Å². The van der Waals surface area contributed by atoms with E-state index in [1.54, 1.807) is 0 Å². The lowest BCUT2D eigenvalue weighted by atomic mass is 9.54. The zero-order chi connectivity index (χ0) is 15.0. The molecule has 0 aliphatic heterocycles. The standard InChI is InChI=1S/C14H24N2O4S/c17-14(15-2-1-3-21(18,19)20)16-13-11-5-9-4-10(7-11)8-12(13)6-9/h9-13H,1-8H2,(H2,15,16,17)(H,18,19,20). The highest BCUT2D eigenvalue weighted by molar-refractivity contribution is 7.85. The molecular weight excluding hydrogens is 292 g/mol. The van der Waals surface area contributed by atoms with Crippen LogP contribution in [0.15, 0.2) is 0 Å². The monoisotopic (exact) mass is 316 g/mol. The molecule has 4 aliphatic rings. The Hall–Kier alpha value is -0.820. The van der Waals surface area contributed by atoms with Crippen molar-refractivity contribution in [1.29, 1.82) is 0 Å². The van der Waals surface area contributed by atoms with Crippen LogP contribution in [0.1, 0.15) is 38.5 Å². The lowest BCUT2D eigenvalue weighted by molar-refractivity contribution is -0.00940. The first kappa shape index (κ1) is 15.1. The number of carbonyl (C=O) groups is 1. The van der Waals surface area contributed by atoms with Crippen molar-refractivity contribution in [2.75, 3.05) is 12.3 Å². The third-order valence-corrected chi connectivity index (χ3v) is 6.19. The van der Waals surface area contributed by atoms with Crippen LogP contribution in [0.3, 0.4) is 0 Å². The molecule has 7 heteroatoms. The first-order valence-electron chi connectivity index (χ1n) is 7.90. The summed E-state index contributed by atoms with van der Waals surface area (Å²) >= 11 is 0. The molecule has 0 saturated heterocycles. The van der Waals surface area contributed by atoms with Gasteiger partial charge in [-0.2, -0.15) is 8.42 Å². The van der Waals surface area contributed by atoms with Crippen LogP contribution in [0, 0.1) is 23.7 Å². The number of urea groups is 1. The smallest absolute Gasteiger partial charge is 0.315 e. The Morgan fingerprint density at radius 2 is 1.62 bits per heavy atom. The average Bonchev–Trinajstić information content (AvgIpc) is 2.37. The number of hydrogen-bond donors (Lipinski definition) is 3. The van der Waals surface area contributed by atoms with E-state index in [9.17, 15) is 13.2 Å². The maximum Gasteiger partial charge on any atom is 0.315 e. The molecule has 4 saturated carbocycles. The predicted molar refractivity (Wildman–Crippen MR) is 78.4 cm³/mol.